The molecule has 2 aromatic rings. The van der Waals surface area contributed by atoms with Crippen LogP contribution >= 0.6 is 11.6 Å². The third kappa shape index (κ3) is 4.11. The molecule has 0 saturated carbocycles. The van der Waals surface area contributed by atoms with Crippen LogP contribution in [0.15, 0.2) is 48.2 Å². The fourth-order valence-electron chi connectivity index (χ4n) is 3.11. The maximum atomic E-state index is 13.1. The first-order valence-electron chi connectivity index (χ1n) is 9.12. The first kappa shape index (κ1) is 20.1. The molecule has 1 aliphatic heterocycles. The number of nitrogens with one attached hydrogen (secondary N) is 1. The third-order valence-corrected chi connectivity index (χ3v) is 5.06. The van der Waals surface area contributed by atoms with E-state index in [0.717, 1.165) is 16.8 Å². The first-order valence-corrected chi connectivity index (χ1v) is 9.49. The maximum Gasteiger partial charge on any atom is 0.278 e. The molecule has 0 aliphatic carbocycles. The molecule has 6 heteroatoms. The van der Waals surface area contributed by atoms with Gasteiger partial charge in [0.25, 0.3) is 11.8 Å². The summed E-state index contributed by atoms with van der Waals surface area (Å²) in [5.41, 5.74) is 4.33. The quantitative estimate of drug-likeness (QED) is 0.561. The van der Waals surface area contributed by atoms with E-state index in [1.807, 2.05) is 32.0 Å². The van der Waals surface area contributed by atoms with Gasteiger partial charge in [-0.1, -0.05) is 29.8 Å². The molecular weight excluding hydrogens is 376 g/mol. The molecule has 0 spiro atoms. The van der Waals surface area contributed by atoms with E-state index in [-0.39, 0.29) is 17.5 Å². The average molecular weight is 399 g/mol. The predicted molar refractivity (Wildman–Crippen MR) is 111 cm³/mol. The lowest BCUT2D eigenvalue weighted by molar-refractivity contribution is -0.136. The number of anilines is 1. The van der Waals surface area contributed by atoms with Crippen LogP contribution in [0.4, 0.5) is 5.69 Å². The molecule has 0 bridgehead atoms. The molecule has 0 fully saturated rings. The van der Waals surface area contributed by atoms with Crippen LogP contribution in [-0.4, -0.2) is 37.0 Å². The molecule has 5 nitrogen and oxygen atoms in total. The van der Waals surface area contributed by atoms with Crippen molar-refractivity contribution in [3.63, 3.8) is 0 Å². The van der Waals surface area contributed by atoms with Crippen LogP contribution in [0.25, 0.3) is 5.57 Å². The van der Waals surface area contributed by atoms with Crippen molar-refractivity contribution in [2.24, 2.45) is 0 Å². The molecule has 3 rings (SSSR count). The number of aryl methyl sites for hydroxylation is 2. The minimum atomic E-state index is -0.329. The number of carbonyl (C=O) groups excluding carboxylic acids is 2. The number of hydrogen-bond donors (Lipinski definition) is 1. The Hall–Kier alpha value is -2.63. The Morgan fingerprint density at radius 3 is 2.36 bits per heavy atom. The number of rotatable bonds is 7. The van der Waals surface area contributed by atoms with Crippen LogP contribution in [0.1, 0.15) is 23.1 Å². The monoisotopic (exact) mass is 398 g/mol. The van der Waals surface area contributed by atoms with Gasteiger partial charge in [-0.2, -0.15) is 0 Å². The van der Waals surface area contributed by atoms with Crippen molar-refractivity contribution >= 4 is 34.7 Å². The molecule has 2 aromatic carbocycles. The van der Waals surface area contributed by atoms with E-state index in [0.29, 0.717) is 35.7 Å². The van der Waals surface area contributed by atoms with Crippen molar-refractivity contribution in [1.82, 2.24) is 4.90 Å². The number of amides is 2. The molecule has 1 heterocycles. The van der Waals surface area contributed by atoms with Crippen molar-refractivity contribution in [3.8, 4) is 0 Å². The topological polar surface area (TPSA) is 58.6 Å². The number of ether oxygens (including phenoxy) is 1. The normalized spacial score (nSPS) is 14.2. The standard InChI is InChI=1S/C22H23ClN2O3/c1-14-5-10-18(13-15(14)2)24-20-19(16-6-8-17(23)9-7-16)21(26)25(22(20)27)11-4-12-28-3/h5-10,13,24H,4,11-12H2,1-3H3. The van der Waals surface area contributed by atoms with Gasteiger partial charge in [0.05, 0.1) is 5.57 Å². The number of nitrogens with zero attached hydrogens (tertiary/aromatic N) is 1. The number of methoxy groups -OCH3 is 1. The lowest BCUT2D eigenvalue weighted by Gasteiger charge is -2.15. The molecule has 0 saturated heterocycles. The summed E-state index contributed by atoms with van der Waals surface area (Å²) in [7, 11) is 1.59. The van der Waals surface area contributed by atoms with Crippen LogP contribution in [0, 0.1) is 13.8 Å². The Kier molecular flexibility index (Phi) is 6.17. The smallest absolute Gasteiger partial charge is 0.278 e. The lowest BCUT2D eigenvalue weighted by Crippen LogP contribution is -2.33. The van der Waals surface area contributed by atoms with Gasteiger partial charge in [-0.3, -0.25) is 14.5 Å². The summed E-state index contributed by atoms with van der Waals surface area (Å²) in [5.74, 6) is -0.640. The van der Waals surface area contributed by atoms with Gasteiger partial charge in [0.1, 0.15) is 5.70 Å². The largest absolute Gasteiger partial charge is 0.385 e. The number of halogens is 1. The highest BCUT2D eigenvalue weighted by Gasteiger charge is 2.38. The Labute approximate surface area is 169 Å². The van der Waals surface area contributed by atoms with Gasteiger partial charge < -0.3 is 10.1 Å². The van der Waals surface area contributed by atoms with Crippen molar-refractivity contribution in [2.45, 2.75) is 20.3 Å². The zero-order valence-electron chi connectivity index (χ0n) is 16.2. The van der Waals surface area contributed by atoms with Gasteiger partial charge in [0, 0.05) is 31.0 Å². The van der Waals surface area contributed by atoms with Gasteiger partial charge in [-0.15, -0.1) is 0 Å². The van der Waals surface area contributed by atoms with Gasteiger partial charge in [0.2, 0.25) is 0 Å². The van der Waals surface area contributed by atoms with E-state index in [9.17, 15) is 9.59 Å². The maximum absolute atomic E-state index is 13.1. The molecule has 0 aromatic heterocycles. The molecule has 146 valence electrons. The van der Waals surface area contributed by atoms with E-state index >= 15 is 0 Å². The average Bonchev–Trinajstić information content (AvgIpc) is 2.90. The Balaban J connectivity index is 1.99. The Bertz CT molecular complexity index is 935. The number of hydrogen-bond acceptors (Lipinski definition) is 4. The van der Waals surface area contributed by atoms with E-state index < -0.39 is 0 Å². The van der Waals surface area contributed by atoms with E-state index in [1.54, 1.807) is 31.4 Å². The van der Waals surface area contributed by atoms with Gasteiger partial charge in [-0.05, 0) is 61.2 Å². The summed E-state index contributed by atoms with van der Waals surface area (Å²) in [6, 6.07) is 12.8. The fourth-order valence-corrected chi connectivity index (χ4v) is 3.24. The number of imide groups is 1. The summed E-state index contributed by atoms with van der Waals surface area (Å²) in [5, 5.41) is 3.75. The third-order valence-electron chi connectivity index (χ3n) is 4.81. The molecule has 0 unspecified atom stereocenters. The number of carbonyl (C=O) groups is 2. The summed E-state index contributed by atoms with van der Waals surface area (Å²) >= 11 is 5.99. The fraction of sp³-hybridized carbons (Fsp3) is 0.273. The van der Waals surface area contributed by atoms with Crippen LogP contribution in [0.2, 0.25) is 5.02 Å². The van der Waals surface area contributed by atoms with Crippen molar-refractivity contribution in [3.05, 3.63) is 69.9 Å². The van der Waals surface area contributed by atoms with Crippen LogP contribution < -0.4 is 5.32 Å². The van der Waals surface area contributed by atoms with Gasteiger partial charge >= 0.3 is 0 Å². The Morgan fingerprint density at radius 1 is 1.00 bits per heavy atom. The number of benzene rings is 2. The van der Waals surface area contributed by atoms with Crippen LogP contribution in [-0.2, 0) is 14.3 Å². The molecule has 0 atom stereocenters. The first-order chi connectivity index (χ1) is 13.4. The van der Waals surface area contributed by atoms with Gasteiger partial charge in [-0.25, -0.2) is 0 Å². The summed E-state index contributed by atoms with van der Waals surface area (Å²) in [6.07, 6.45) is 0.582. The lowest BCUT2D eigenvalue weighted by atomic mass is 10.0. The molecular formula is C22H23ClN2O3. The highest BCUT2D eigenvalue weighted by molar-refractivity contribution is 6.36. The van der Waals surface area contributed by atoms with Crippen molar-refractivity contribution in [2.75, 3.05) is 25.6 Å². The molecule has 1 aliphatic rings. The molecule has 0 radical (unpaired) electrons. The SMILES string of the molecule is COCCCN1C(=O)C(Nc2ccc(C)c(C)c2)=C(c2ccc(Cl)cc2)C1=O. The second-order valence-electron chi connectivity index (χ2n) is 6.79. The van der Waals surface area contributed by atoms with Crippen molar-refractivity contribution in [1.29, 1.82) is 0 Å². The second kappa shape index (κ2) is 8.59. The van der Waals surface area contributed by atoms with Crippen LogP contribution in [0.5, 0.6) is 0 Å². The predicted octanol–water partition coefficient (Wildman–Crippen LogP) is 4.19. The highest BCUT2D eigenvalue weighted by atomic mass is 35.5. The summed E-state index contributed by atoms with van der Waals surface area (Å²) in [6.45, 7) is 4.82. The summed E-state index contributed by atoms with van der Waals surface area (Å²) < 4.78 is 5.05. The second-order valence-corrected chi connectivity index (χ2v) is 7.23. The van der Waals surface area contributed by atoms with Crippen LogP contribution in [0.3, 0.4) is 0 Å². The summed E-state index contributed by atoms with van der Waals surface area (Å²) in [4.78, 5) is 27.4. The minimum absolute atomic E-state index is 0.285. The zero-order chi connectivity index (χ0) is 20.3. The molecule has 2 amide bonds. The molecule has 1 N–H and O–H groups in total. The minimum Gasteiger partial charge on any atom is -0.385 e. The van der Waals surface area contributed by atoms with E-state index in [2.05, 4.69) is 5.32 Å². The Morgan fingerprint density at radius 2 is 1.71 bits per heavy atom. The van der Waals surface area contributed by atoms with Gasteiger partial charge in [0.15, 0.2) is 0 Å². The van der Waals surface area contributed by atoms with Crippen molar-refractivity contribution < 1.29 is 14.3 Å². The van der Waals surface area contributed by atoms with E-state index in [4.69, 9.17) is 16.3 Å². The molecule has 28 heavy (non-hydrogen) atoms. The zero-order valence-corrected chi connectivity index (χ0v) is 17.0. The van der Waals surface area contributed by atoms with E-state index in [1.165, 1.54) is 4.90 Å². The highest BCUT2D eigenvalue weighted by Crippen LogP contribution is 2.31.